The predicted octanol–water partition coefficient (Wildman–Crippen LogP) is 6.15. The van der Waals surface area contributed by atoms with E-state index < -0.39 is 5.97 Å². The SMILES string of the molecule is CCCCCOc1cc(CC(=O)Nc2cc(Cl)ccc2C(=O)OC)cc(OCCCCC)c1O. The molecule has 0 unspecified atom stereocenters. The summed E-state index contributed by atoms with van der Waals surface area (Å²) in [4.78, 5) is 24.8. The molecule has 0 aliphatic carbocycles. The molecule has 8 heteroatoms. The summed E-state index contributed by atoms with van der Waals surface area (Å²) in [6.07, 6.45) is 5.84. The molecule has 34 heavy (non-hydrogen) atoms. The number of amides is 1. The fraction of sp³-hybridized carbons (Fsp3) is 0.462. The molecule has 1 amide bonds. The molecule has 0 spiro atoms. The lowest BCUT2D eigenvalue weighted by Gasteiger charge is -2.15. The fourth-order valence-corrected chi connectivity index (χ4v) is 3.49. The molecule has 2 aromatic rings. The Morgan fingerprint density at radius 2 is 1.53 bits per heavy atom. The summed E-state index contributed by atoms with van der Waals surface area (Å²) in [5, 5.41) is 13.7. The Morgan fingerprint density at radius 1 is 0.941 bits per heavy atom. The highest BCUT2D eigenvalue weighted by molar-refractivity contribution is 6.31. The first-order valence-corrected chi connectivity index (χ1v) is 12.1. The van der Waals surface area contributed by atoms with Crippen LogP contribution in [0.25, 0.3) is 0 Å². The number of carbonyl (C=O) groups excluding carboxylic acids is 2. The summed E-state index contributed by atoms with van der Waals surface area (Å²) in [5.74, 6) is -0.455. The van der Waals surface area contributed by atoms with Crippen LogP contribution < -0.4 is 14.8 Å². The third kappa shape index (κ3) is 8.45. The highest BCUT2D eigenvalue weighted by atomic mass is 35.5. The van der Waals surface area contributed by atoms with Crippen molar-refractivity contribution in [2.24, 2.45) is 0 Å². The molecule has 0 saturated heterocycles. The summed E-state index contributed by atoms with van der Waals surface area (Å²) in [6.45, 7) is 5.11. The van der Waals surface area contributed by atoms with Gasteiger partial charge in [-0.3, -0.25) is 4.79 Å². The quantitative estimate of drug-likeness (QED) is 0.243. The molecular formula is C26H34ClNO6. The fourth-order valence-electron chi connectivity index (χ4n) is 3.31. The maximum atomic E-state index is 12.8. The molecule has 2 aromatic carbocycles. The number of anilines is 1. The van der Waals surface area contributed by atoms with Gasteiger partial charge in [0, 0.05) is 5.02 Å². The van der Waals surface area contributed by atoms with Crippen LogP contribution in [0.3, 0.4) is 0 Å². The summed E-state index contributed by atoms with van der Waals surface area (Å²) in [5.41, 5.74) is 1.06. The number of methoxy groups -OCH3 is 1. The molecule has 0 heterocycles. The van der Waals surface area contributed by atoms with Crippen LogP contribution in [-0.4, -0.2) is 37.3 Å². The molecule has 186 valence electrons. The second-order valence-electron chi connectivity index (χ2n) is 7.96. The van der Waals surface area contributed by atoms with Gasteiger partial charge in [-0.1, -0.05) is 51.1 Å². The first-order valence-electron chi connectivity index (χ1n) is 11.7. The van der Waals surface area contributed by atoms with Crippen molar-refractivity contribution in [1.29, 1.82) is 0 Å². The van der Waals surface area contributed by atoms with Crippen LogP contribution in [0.5, 0.6) is 17.2 Å². The lowest BCUT2D eigenvalue weighted by atomic mass is 10.1. The summed E-state index contributed by atoms with van der Waals surface area (Å²) in [7, 11) is 1.27. The van der Waals surface area contributed by atoms with E-state index in [0.29, 0.717) is 23.8 Å². The largest absolute Gasteiger partial charge is 0.502 e. The second kappa shape index (κ2) is 14.4. The number of aromatic hydroxyl groups is 1. The number of hydrogen-bond acceptors (Lipinski definition) is 6. The van der Waals surface area contributed by atoms with E-state index in [2.05, 4.69) is 19.2 Å². The Hall–Kier alpha value is -2.93. The van der Waals surface area contributed by atoms with E-state index in [0.717, 1.165) is 38.5 Å². The minimum absolute atomic E-state index is 0.0238. The molecule has 0 atom stereocenters. The van der Waals surface area contributed by atoms with E-state index in [1.807, 2.05) is 0 Å². The zero-order valence-corrected chi connectivity index (χ0v) is 20.9. The van der Waals surface area contributed by atoms with Gasteiger partial charge in [0.25, 0.3) is 0 Å². The van der Waals surface area contributed by atoms with Gasteiger partial charge in [-0.2, -0.15) is 0 Å². The van der Waals surface area contributed by atoms with Gasteiger partial charge < -0.3 is 24.6 Å². The van der Waals surface area contributed by atoms with Crippen molar-refractivity contribution in [1.82, 2.24) is 0 Å². The number of unbranched alkanes of at least 4 members (excludes halogenated alkanes) is 4. The van der Waals surface area contributed by atoms with Gasteiger partial charge in [-0.25, -0.2) is 4.79 Å². The van der Waals surface area contributed by atoms with Crippen LogP contribution in [0.4, 0.5) is 5.69 Å². The van der Waals surface area contributed by atoms with E-state index in [1.54, 1.807) is 18.2 Å². The van der Waals surface area contributed by atoms with Crippen LogP contribution >= 0.6 is 11.6 Å². The van der Waals surface area contributed by atoms with Gasteiger partial charge in [-0.15, -0.1) is 0 Å². The zero-order valence-electron chi connectivity index (χ0n) is 20.1. The Kier molecular flexibility index (Phi) is 11.5. The molecule has 7 nitrogen and oxygen atoms in total. The Balaban J connectivity index is 2.21. The lowest BCUT2D eigenvalue weighted by molar-refractivity contribution is -0.115. The number of hydrogen-bond donors (Lipinski definition) is 2. The van der Waals surface area contributed by atoms with Crippen molar-refractivity contribution in [3.8, 4) is 17.2 Å². The number of phenols is 1. The molecule has 0 bridgehead atoms. The number of carbonyl (C=O) groups is 2. The standard InChI is InChI=1S/C26H34ClNO6/c1-4-6-8-12-33-22-14-18(15-23(25(22)30)34-13-9-7-5-2)16-24(29)28-21-17-19(27)10-11-20(21)26(31)32-3/h10-11,14-15,17,30H,4-9,12-13,16H2,1-3H3,(H,28,29). The van der Waals surface area contributed by atoms with Crippen LogP contribution in [0.1, 0.15) is 68.3 Å². The number of nitrogens with one attached hydrogen (secondary N) is 1. The maximum Gasteiger partial charge on any atom is 0.339 e. The average molecular weight is 492 g/mol. The van der Waals surface area contributed by atoms with Gasteiger partial charge >= 0.3 is 5.97 Å². The highest BCUT2D eigenvalue weighted by Gasteiger charge is 2.18. The number of halogens is 1. The highest BCUT2D eigenvalue weighted by Crippen LogP contribution is 2.38. The molecule has 0 aliphatic heterocycles. The predicted molar refractivity (Wildman–Crippen MR) is 133 cm³/mol. The number of rotatable bonds is 14. The number of phenolic OH excluding ortho intramolecular Hbond substituents is 1. The van der Waals surface area contributed by atoms with Crippen LogP contribution in [-0.2, 0) is 16.0 Å². The lowest BCUT2D eigenvalue weighted by Crippen LogP contribution is -2.17. The van der Waals surface area contributed by atoms with Gasteiger partial charge in [0.05, 0.1) is 38.0 Å². The first kappa shape index (κ1) is 27.3. The van der Waals surface area contributed by atoms with E-state index in [-0.39, 0.29) is 40.8 Å². The number of ether oxygens (including phenoxy) is 3. The minimum Gasteiger partial charge on any atom is -0.502 e. The Labute approximate surface area is 206 Å². The smallest absolute Gasteiger partial charge is 0.339 e. The van der Waals surface area contributed by atoms with Crippen molar-refractivity contribution in [2.45, 2.75) is 58.8 Å². The van der Waals surface area contributed by atoms with Gasteiger partial charge in [0.15, 0.2) is 11.5 Å². The van der Waals surface area contributed by atoms with Crippen LogP contribution in [0, 0.1) is 0 Å². The van der Waals surface area contributed by atoms with Gasteiger partial charge in [0.2, 0.25) is 11.7 Å². The maximum absolute atomic E-state index is 12.8. The van der Waals surface area contributed by atoms with Crippen molar-refractivity contribution in [3.05, 3.63) is 46.5 Å². The van der Waals surface area contributed by atoms with E-state index >= 15 is 0 Å². The molecule has 2 rings (SSSR count). The van der Waals surface area contributed by atoms with Crippen molar-refractivity contribution >= 4 is 29.2 Å². The summed E-state index contributed by atoms with van der Waals surface area (Å²) >= 11 is 6.04. The van der Waals surface area contributed by atoms with Crippen molar-refractivity contribution < 1.29 is 28.9 Å². The third-order valence-electron chi connectivity index (χ3n) is 5.14. The van der Waals surface area contributed by atoms with Gasteiger partial charge in [-0.05, 0) is 48.7 Å². The normalized spacial score (nSPS) is 10.6. The second-order valence-corrected chi connectivity index (χ2v) is 8.39. The topological polar surface area (TPSA) is 94.1 Å². The molecule has 2 N–H and O–H groups in total. The van der Waals surface area contributed by atoms with E-state index in [1.165, 1.54) is 19.2 Å². The summed E-state index contributed by atoms with van der Waals surface area (Å²) < 4.78 is 16.4. The Morgan fingerprint density at radius 3 is 2.06 bits per heavy atom. The summed E-state index contributed by atoms with van der Waals surface area (Å²) in [6, 6.07) is 7.81. The molecule has 0 radical (unpaired) electrons. The molecule has 0 aliphatic rings. The third-order valence-corrected chi connectivity index (χ3v) is 5.37. The van der Waals surface area contributed by atoms with E-state index in [9.17, 15) is 14.7 Å². The Bertz CT molecular complexity index is 929. The molecule has 0 saturated carbocycles. The molecule has 0 fully saturated rings. The van der Waals surface area contributed by atoms with Crippen molar-refractivity contribution in [2.75, 3.05) is 25.6 Å². The van der Waals surface area contributed by atoms with Crippen LogP contribution in [0.2, 0.25) is 5.02 Å². The number of benzene rings is 2. The molecule has 0 aromatic heterocycles. The monoisotopic (exact) mass is 491 g/mol. The minimum atomic E-state index is -0.581. The molecular weight excluding hydrogens is 458 g/mol. The number of esters is 1. The van der Waals surface area contributed by atoms with Crippen LogP contribution in [0.15, 0.2) is 30.3 Å². The van der Waals surface area contributed by atoms with E-state index in [4.69, 9.17) is 25.8 Å². The average Bonchev–Trinajstić information content (AvgIpc) is 2.81. The zero-order chi connectivity index (χ0) is 24.9. The van der Waals surface area contributed by atoms with Gasteiger partial charge in [0.1, 0.15) is 0 Å². The first-order chi connectivity index (χ1) is 16.4. The van der Waals surface area contributed by atoms with Crippen molar-refractivity contribution in [3.63, 3.8) is 0 Å².